The summed E-state index contributed by atoms with van der Waals surface area (Å²) in [5.74, 6) is 0.202. The van der Waals surface area contributed by atoms with Crippen molar-refractivity contribution in [3.8, 4) is 5.75 Å². The lowest BCUT2D eigenvalue weighted by atomic mass is 10.1. The average Bonchev–Trinajstić information content (AvgIpc) is 2.67. The Balaban J connectivity index is 1.88. The van der Waals surface area contributed by atoms with Gasteiger partial charge in [-0.15, -0.1) is 0 Å². The number of nitrogens with one attached hydrogen (secondary N) is 1. The molecule has 0 aliphatic rings. The molecule has 1 N–H and O–H groups in total. The summed E-state index contributed by atoms with van der Waals surface area (Å²) in [5, 5.41) is 2.75. The Kier molecular flexibility index (Phi) is 7.41. The Morgan fingerprint density at radius 2 is 1.59 bits per heavy atom. The van der Waals surface area contributed by atoms with Crippen molar-refractivity contribution in [3.05, 3.63) is 59.7 Å². The van der Waals surface area contributed by atoms with Gasteiger partial charge in [0.05, 0.1) is 12.2 Å². The minimum absolute atomic E-state index is 0.371. The molecular formula is C22H27NO4. The van der Waals surface area contributed by atoms with Gasteiger partial charge in [0.1, 0.15) is 5.75 Å². The van der Waals surface area contributed by atoms with E-state index in [1.165, 1.54) is 5.56 Å². The summed E-state index contributed by atoms with van der Waals surface area (Å²) in [6, 6.07) is 14.3. The molecule has 2 aromatic rings. The Morgan fingerprint density at radius 1 is 0.963 bits per heavy atom. The van der Waals surface area contributed by atoms with Gasteiger partial charge in [-0.2, -0.15) is 0 Å². The summed E-state index contributed by atoms with van der Waals surface area (Å²) in [5.41, 5.74) is 2.24. The molecule has 0 unspecified atom stereocenters. The SMILES string of the molecule is CCc1ccc(NC(=O)[C@H](C)OC(=O)c2ccc(OCC(C)C)cc2)cc1. The maximum Gasteiger partial charge on any atom is 0.338 e. The molecule has 2 aromatic carbocycles. The van der Waals surface area contributed by atoms with E-state index in [0.29, 0.717) is 29.5 Å². The van der Waals surface area contributed by atoms with E-state index >= 15 is 0 Å². The molecule has 0 saturated heterocycles. The zero-order chi connectivity index (χ0) is 19.8. The molecule has 0 aliphatic heterocycles. The van der Waals surface area contributed by atoms with Crippen LogP contribution in [0.1, 0.15) is 43.6 Å². The number of aryl methyl sites for hydroxylation is 1. The lowest BCUT2D eigenvalue weighted by Crippen LogP contribution is -2.30. The highest BCUT2D eigenvalue weighted by molar-refractivity contribution is 5.97. The van der Waals surface area contributed by atoms with Crippen LogP contribution in [0.25, 0.3) is 0 Å². The van der Waals surface area contributed by atoms with Crippen molar-refractivity contribution in [3.63, 3.8) is 0 Å². The second kappa shape index (κ2) is 9.76. The van der Waals surface area contributed by atoms with Crippen LogP contribution in [0.15, 0.2) is 48.5 Å². The predicted molar refractivity (Wildman–Crippen MR) is 106 cm³/mol. The molecule has 0 fully saturated rings. The smallest absolute Gasteiger partial charge is 0.338 e. The van der Waals surface area contributed by atoms with E-state index in [0.717, 1.165) is 6.42 Å². The first-order chi connectivity index (χ1) is 12.9. The third kappa shape index (κ3) is 6.44. The normalized spacial score (nSPS) is 11.7. The lowest BCUT2D eigenvalue weighted by Gasteiger charge is -2.14. The lowest BCUT2D eigenvalue weighted by molar-refractivity contribution is -0.123. The molecule has 27 heavy (non-hydrogen) atoms. The predicted octanol–water partition coefficient (Wildman–Crippen LogP) is 4.47. The molecule has 1 atom stereocenters. The van der Waals surface area contributed by atoms with Gasteiger partial charge in [-0.3, -0.25) is 4.79 Å². The van der Waals surface area contributed by atoms with Crippen LogP contribution >= 0.6 is 0 Å². The molecule has 5 nitrogen and oxygen atoms in total. The molecule has 5 heteroatoms. The van der Waals surface area contributed by atoms with Crippen LogP contribution in [-0.4, -0.2) is 24.6 Å². The molecule has 0 radical (unpaired) electrons. The number of ether oxygens (including phenoxy) is 2. The topological polar surface area (TPSA) is 64.6 Å². The first-order valence-electron chi connectivity index (χ1n) is 9.22. The monoisotopic (exact) mass is 369 g/mol. The standard InChI is InChI=1S/C22H27NO4/c1-5-17-6-10-19(11-7-17)23-21(24)16(4)27-22(25)18-8-12-20(13-9-18)26-14-15(2)3/h6-13,15-16H,5,14H2,1-4H3,(H,23,24)/t16-/m0/s1. The largest absolute Gasteiger partial charge is 0.493 e. The summed E-state index contributed by atoms with van der Waals surface area (Å²) >= 11 is 0. The fourth-order valence-corrected chi connectivity index (χ4v) is 2.30. The van der Waals surface area contributed by atoms with Gasteiger partial charge in [-0.25, -0.2) is 4.79 Å². The first-order valence-corrected chi connectivity index (χ1v) is 9.22. The minimum Gasteiger partial charge on any atom is -0.493 e. The second-order valence-corrected chi connectivity index (χ2v) is 6.82. The number of rotatable bonds is 8. The molecule has 2 rings (SSSR count). The van der Waals surface area contributed by atoms with Crippen LogP contribution in [0.3, 0.4) is 0 Å². The van der Waals surface area contributed by atoms with E-state index in [2.05, 4.69) is 26.1 Å². The summed E-state index contributed by atoms with van der Waals surface area (Å²) in [7, 11) is 0. The number of esters is 1. The Hall–Kier alpha value is -2.82. The van der Waals surface area contributed by atoms with Crippen LogP contribution in [0, 0.1) is 5.92 Å². The van der Waals surface area contributed by atoms with Gasteiger partial charge in [0.15, 0.2) is 6.10 Å². The maximum absolute atomic E-state index is 12.2. The quantitative estimate of drug-likeness (QED) is 0.698. The van der Waals surface area contributed by atoms with Crippen molar-refractivity contribution in [1.82, 2.24) is 0 Å². The van der Waals surface area contributed by atoms with Crippen LogP contribution in [-0.2, 0) is 16.0 Å². The van der Waals surface area contributed by atoms with Crippen molar-refractivity contribution in [2.45, 2.75) is 40.2 Å². The minimum atomic E-state index is -0.903. The number of anilines is 1. The number of carbonyl (C=O) groups is 2. The van der Waals surface area contributed by atoms with E-state index in [-0.39, 0.29) is 5.91 Å². The highest BCUT2D eigenvalue weighted by atomic mass is 16.5. The fraction of sp³-hybridized carbons (Fsp3) is 0.364. The van der Waals surface area contributed by atoms with E-state index in [1.807, 2.05) is 24.3 Å². The average molecular weight is 369 g/mol. The van der Waals surface area contributed by atoms with Gasteiger partial charge in [0.25, 0.3) is 5.91 Å². The Bertz CT molecular complexity index is 751. The van der Waals surface area contributed by atoms with E-state index in [4.69, 9.17) is 9.47 Å². The molecule has 0 heterocycles. The van der Waals surface area contributed by atoms with E-state index in [1.54, 1.807) is 31.2 Å². The second-order valence-electron chi connectivity index (χ2n) is 6.82. The highest BCUT2D eigenvalue weighted by Gasteiger charge is 2.19. The molecule has 0 aliphatic carbocycles. The van der Waals surface area contributed by atoms with Crippen molar-refractivity contribution < 1.29 is 19.1 Å². The zero-order valence-corrected chi connectivity index (χ0v) is 16.3. The Labute approximate surface area is 160 Å². The molecule has 0 saturated carbocycles. The van der Waals surface area contributed by atoms with Crippen LogP contribution in [0.5, 0.6) is 5.75 Å². The molecular weight excluding hydrogens is 342 g/mol. The van der Waals surface area contributed by atoms with Gasteiger partial charge in [-0.1, -0.05) is 32.9 Å². The van der Waals surface area contributed by atoms with Crippen molar-refractivity contribution in [2.24, 2.45) is 5.92 Å². The summed E-state index contributed by atoms with van der Waals surface area (Å²) in [4.78, 5) is 24.5. The van der Waals surface area contributed by atoms with E-state index in [9.17, 15) is 9.59 Å². The maximum atomic E-state index is 12.2. The first kappa shape index (κ1) is 20.5. The molecule has 0 bridgehead atoms. The number of benzene rings is 2. The van der Waals surface area contributed by atoms with Gasteiger partial charge in [-0.05, 0) is 61.2 Å². The molecule has 0 aromatic heterocycles. The van der Waals surface area contributed by atoms with Crippen molar-refractivity contribution in [1.29, 1.82) is 0 Å². The highest BCUT2D eigenvalue weighted by Crippen LogP contribution is 2.15. The third-order valence-electron chi connectivity index (χ3n) is 3.96. The van der Waals surface area contributed by atoms with Crippen molar-refractivity contribution in [2.75, 3.05) is 11.9 Å². The number of amides is 1. The summed E-state index contributed by atoms with van der Waals surface area (Å²) in [6.45, 7) is 8.36. The number of hydrogen-bond donors (Lipinski definition) is 1. The van der Waals surface area contributed by atoms with Gasteiger partial charge < -0.3 is 14.8 Å². The van der Waals surface area contributed by atoms with Crippen LogP contribution in [0.4, 0.5) is 5.69 Å². The summed E-state index contributed by atoms with van der Waals surface area (Å²) in [6.07, 6.45) is 0.0315. The van der Waals surface area contributed by atoms with Crippen LogP contribution < -0.4 is 10.1 Å². The van der Waals surface area contributed by atoms with Gasteiger partial charge in [0, 0.05) is 5.69 Å². The molecule has 144 valence electrons. The molecule has 1 amide bonds. The Morgan fingerprint density at radius 3 is 2.15 bits per heavy atom. The summed E-state index contributed by atoms with van der Waals surface area (Å²) < 4.78 is 10.8. The molecule has 0 spiro atoms. The van der Waals surface area contributed by atoms with Crippen molar-refractivity contribution >= 4 is 17.6 Å². The zero-order valence-electron chi connectivity index (χ0n) is 16.3. The van der Waals surface area contributed by atoms with Gasteiger partial charge >= 0.3 is 5.97 Å². The van der Waals surface area contributed by atoms with Crippen LogP contribution in [0.2, 0.25) is 0 Å². The number of hydrogen-bond acceptors (Lipinski definition) is 4. The number of carbonyl (C=O) groups excluding carboxylic acids is 2. The third-order valence-corrected chi connectivity index (χ3v) is 3.96. The van der Waals surface area contributed by atoms with E-state index < -0.39 is 12.1 Å². The van der Waals surface area contributed by atoms with Gasteiger partial charge in [0.2, 0.25) is 0 Å². The fourth-order valence-electron chi connectivity index (χ4n) is 2.30.